The van der Waals surface area contributed by atoms with E-state index in [0.29, 0.717) is 19.5 Å². The molecule has 5 nitrogen and oxygen atoms in total. The number of benzene rings is 1. The van der Waals surface area contributed by atoms with Crippen molar-refractivity contribution in [1.29, 1.82) is 0 Å². The number of ether oxygens (including phenoxy) is 1. The van der Waals surface area contributed by atoms with Gasteiger partial charge in [-0.1, -0.05) is 12.1 Å². The van der Waals surface area contributed by atoms with E-state index in [1.807, 2.05) is 20.8 Å². The van der Waals surface area contributed by atoms with Crippen molar-refractivity contribution in [2.45, 2.75) is 38.2 Å². The molecule has 1 fully saturated rings. The van der Waals surface area contributed by atoms with E-state index >= 15 is 0 Å². The third kappa shape index (κ3) is 3.87. The highest BCUT2D eigenvalue weighted by atomic mass is 19.1. The van der Waals surface area contributed by atoms with Crippen molar-refractivity contribution in [3.8, 4) is 0 Å². The van der Waals surface area contributed by atoms with Gasteiger partial charge in [0.15, 0.2) is 0 Å². The normalized spacial score (nSPS) is 20.8. The summed E-state index contributed by atoms with van der Waals surface area (Å²) in [6.45, 7) is 6.58. The Morgan fingerprint density at radius 2 is 2.00 bits per heavy atom. The lowest BCUT2D eigenvalue weighted by Gasteiger charge is -2.37. The van der Waals surface area contributed by atoms with Crippen molar-refractivity contribution >= 4 is 6.09 Å². The zero-order valence-electron chi connectivity index (χ0n) is 14.6. The summed E-state index contributed by atoms with van der Waals surface area (Å²) in [6, 6.07) is 6.06. The van der Waals surface area contributed by atoms with E-state index in [2.05, 4.69) is 0 Å². The molecule has 1 aromatic rings. The van der Waals surface area contributed by atoms with Crippen LogP contribution in [0.3, 0.4) is 0 Å². The summed E-state index contributed by atoms with van der Waals surface area (Å²) in [5.41, 5.74) is 5.56. The number of halogens is 1. The van der Waals surface area contributed by atoms with Gasteiger partial charge in [-0.25, -0.2) is 9.18 Å². The third-order valence-electron chi connectivity index (χ3n) is 4.69. The molecule has 0 bridgehead atoms. The van der Waals surface area contributed by atoms with Gasteiger partial charge in [0.1, 0.15) is 11.4 Å². The Morgan fingerprint density at radius 1 is 1.38 bits per heavy atom. The molecular weight excluding hydrogens is 311 g/mol. The molecule has 6 heteroatoms. The lowest BCUT2D eigenvalue weighted by molar-refractivity contribution is 0.0274. The molecular formula is C18H27FN2O3. The van der Waals surface area contributed by atoms with Gasteiger partial charge in [0.2, 0.25) is 0 Å². The Morgan fingerprint density at radius 3 is 2.50 bits per heavy atom. The minimum absolute atomic E-state index is 0.00882. The highest BCUT2D eigenvalue weighted by Crippen LogP contribution is 2.37. The topological polar surface area (TPSA) is 75.8 Å². The summed E-state index contributed by atoms with van der Waals surface area (Å²) >= 11 is 0. The average molecular weight is 338 g/mol. The van der Waals surface area contributed by atoms with E-state index in [4.69, 9.17) is 10.5 Å². The number of hydrogen-bond acceptors (Lipinski definition) is 4. The molecule has 3 N–H and O–H groups in total. The summed E-state index contributed by atoms with van der Waals surface area (Å²) in [5, 5.41) is 10.1. The van der Waals surface area contributed by atoms with Crippen LogP contribution in [-0.2, 0) is 10.2 Å². The summed E-state index contributed by atoms with van der Waals surface area (Å²) in [5.74, 6) is -0.338. The number of carbonyl (C=O) groups excluding carboxylic acids is 1. The lowest BCUT2D eigenvalue weighted by atomic mass is 9.70. The second-order valence-corrected chi connectivity index (χ2v) is 7.44. The first-order valence-corrected chi connectivity index (χ1v) is 8.27. The van der Waals surface area contributed by atoms with Gasteiger partial charge in [0.25, 0.3) is 0 Å². The van der Waals surface area contributed by atoms with Crippen molar-refractivity contribution in [2.75, 3.05) is 26.2 Å². The molecule has 0 radical (unpaired) electrons. The van der Waals surface area contributed by atoms with Gasteiger partial charge in [-0.15, -0.1) is 0 Å². The van der Waals surface area contributed by atoms with Crippen molar-refractivity contribution in [1.82, 2.24) is 4.90 Å². The predicted molar refractivity (Wildman–Crippen MR) is 90.1 cm³/mol. The van der Waals surface area contributed by atoms with Crippen LogP contribution in [0, 0.1) is 11.7 Å². The molecule has 1 aliphatic heterocycles. The summed E-state index contributed by atoms with van der Waals surface area (Å²) in [7, 11) is 0. The predicted octanol–water partition coefficient (Wildman–Crippen LogP) is 2.27. The first kappa shape index (κ1) is 18.7. The maximum absolute atomic E-state index is 13.2. The summed E-state index contributed by atoms with van der Waals surface area (Å²) in [4.78, 5) is 13.9. The van der Waals surface area contributed by atoms with E-state index in [1.54, 1.807) is 17.0 Å². The average Bonchev–Trinajstić information content (AvgIpc) is 3.00. The first-order chi connectivity index (χ1) is 11.2. The largest absolute Gasteiger partial charge is 0.444 e. The Hall–Kier alpha value is -1.66. The fraction of sp³-hybridized carbons (Fsp3) is 0.611. The van der Waals surface area contributed by atoms with Crippen LogP contribution >= 0.6 is 0 Å². The molecule has 2 unspecified atom stereocenters. The number of amides is 1. The molecule has 1 amide bonds. The molecule has 1 saturated heterocycles. The van der Waals surface area contributed by atoms with Crippen LogP contribution in [0.2, 0.25) is 0 Å². The molecule has 0 saturated carbocycles. The Balaban J connectivity index is 2.18. The van der Waals surface area contributed by atoms with Crippen LogP contribution in [-0.4, -0.2) is 47.9 Å². The Kier molecular flexibility index (Phi) is 5.50. The Bertz CT molecular complexity index is 565. The van der Waals surface area contributed by atoms with Gasteiger partial charge in [0.05, 0.1) is 6.61 Å². The minimum Gasteiger partial charge on any atom is -0.444 e. The molecule has 0 aliphatic carbocycles. The zero-order valence-corrected chi connectivity index (χ0v) is 14.6. The molecule has 0 aromatic heterocycles. The monoisotopic (exact) mass is 338 g/mol. The highest BCUT2D eigenvalue weighted by molar-refractivity contribution is 5.68. The number of aliphatic hydroxyl groups excluding tert-OH is 1. The zero-order chi connectivity index (χ0) is 18.0. The maximum atomic E-state index is 13.2. The van der Waals surface area contributed by atoms with Crippen LogP contribution in [0.5, 0.6) is 0 Å². The molecule has 1 aliphatic rings. The van der Waals surface area contributed by atoms with E-state index in [1.165, 1.54) is 12.1 Å². The summed E-state index contributed by atoms with van der Waals surface area (Å²) in [6.07, 6.45) is 0.363. The van der Waals surface area contributed by atoms with E-state index in [0.717, 1.165) is 5.56 Å². The maximum Gasteiger partial charge on any atom is 0.410 e. The number of aliphatic hydroxyl groups is 1. The van der Waals surface area contributed by atoms with Gasteiger partial charge in [-0.05, 0) is 50.8 Å². The molecule has 2 atom stereocenters. The van der Waals surface area contributed by atoms with Crippen LogP contribution in [0.15, 0.2) is 24.3 Å². The van der Waals surface area contributed by atoms with Gasteiger partial charge in [-0.2, -0.15) is 0 Å². The molecule has 24 heavy (non-hydrogen) atoms. The fourth-order valence-electron chi connectivity index (χ4n) is 3.29. The van der Waals surface area contributed by atoms with Crippen LogP contribution in [0.1, 0.15) is 32.8 Å². The van der Waals surface area contributed by atoms with Gasteiger partial charge in [-0.3, -0.25) is 0 Å². The van der Waals surface area contributed by atoms with Gasteiger partial charge < -0.3 is 20.5 Å². The number of rotatable bonds is 4. The van der Waals surface area contributed by atoms with Crippen molar-refractivity contribution in [2.24, 2.45) is 11.7 Å². The van der Waals surface area contributed by atoms with Crippen LogP contribution < -0.4 is 5.73 Å². The number of nitrogens with two attached hydrogens (primary N) is 1. The molecule has 1 aromatic carbocycles. The number of carbonyl (C=O) groups is 1. The smallest absolute Gasteiger partial charge is 0.410 e. The van der Waals surface area contributed by atoms with Gasteiger partial charge >= 0.3 is 6.09 Å². The fourth-order valence-corrected chi connectivity index (χ4v) is 3.29. The summed E-state index contributed by atoms with van der Waals surface area (Å²) < 4.78 is 18.6. The minimum atomic E-state index is -0.690. The second-order valence-electron chi connectivity index (χ2n) is 7.44. The van der Waals surface area contributed by atoms with Crippen molar-refractivity contribution in [3.05, 3.63) is 35.6 Å². The van der Waals surface area contributed by atoms with Crippen LogP contribution in [0.4, 0.5) is 9.18 Å². The Labute approximate surface area is 142 Å². The van der Waals surface area contributed by atoms with Crippen molar-refractivity contribution < 1.29 is 19.0 Å². The third-order valence-corrected chi connectivity index (χ3v) is 4.69. The van der Waals surface area contributed by atoms with E-state index in [9.17, 15) is 14.3 Å². The molecule has 134 valence electrons. The number of hydrogen-bond donors (Lipinski definition) is 2. The quantitative estimate of drug-likeness (QED) is 0.883. The van der Waals surface area contributed by atoms with Crippen LogP contribution in [0.25, 0.3) is 0 Å². The van der Waals surface area contributed by atoms with Crippen molar-refractivity contribution in [3.63, 3.8) is 0 Å². The second kappa shape index (κ2) is 7.07. The van der Waals surface area contributed by atoms with Gasteiger partial charge in [0, 0.05) is 25.0 Å². The van der Waals surface area contributed by atoms with E-state index < -0.39 is 11.0 Å². The highest BCUT2D eigenvalue weighted by Gasteiger charge is 2.44. The molecule has 1 heterocycles. The van der Waals surface area contributed by atoms with E-state index in [-0.39, 0.29) is 31.0 Å². The molecule has 0 spiro atoms. The molecule has 2 rings (SSSR count). The SMILES string of the molecule is CC(C)(C)OC(=O)N1CCC(C(CN)(CO)c2ccc(F)cc2)C1. The number of nitrogens with zero attached hydrogens (tertiary/aromatic N) is 1. The standard InChI is InChI=1S/C18H27FN2O3/c1-17(2,3)24-16(23)21-9-8-14(10-21)18(11-20,12-22)13-4-6-15(19)7-5-13/h4-7,14,22H,8-12,20H2,1-3H3. The number of likely N-dealkylation sites (tertiary alicyclic amines) is 1. The first-order valence-electron chi connectivity index (χ1n) is 8.27. The lowest BCUT2D eigenvalue weighted by Crippen LogP contribution is -2.47.